The molecule has 9 heteroatoms. The van der Waals surface area contributed by atoms with Crippen molar-refractivity contribution in [3.05, 3.63) is 89.5 Å². The van der Waals surface area contributed by atoms with E-state index >= 15 is 0 Å². The summed E-state index contributed by atoms with van der Waals surface area (Å²) in [6.07, 6.45) is 0.358. The minimum atomic E-state index is -4.09. The first kappa shape index (κ1) is 28.7. The van der Waals surface area contributed by atoms with Crippen molar-refractivity contribution in [2.24, 2.45) is 0 Å². The second-order valence-electron chi connectivity index (χ2n) is 9.02. The largest absolute Gasteiger partial charge is 0.497 e. The van der Waals surface area contributed by atoms with E-state index in [-0.39, 0.29) is 17.3 Å². The normalized spacial score (nSPS) is 11.9. The molecule has 0 aliphatic rings. The molecule has 0 heterocycles. The van der Waals surface area contributed by atoms with Crippen LogP contribution in [-0.4, -0.2) is 51.9 Å². The highest BCUT2D eigenvalue weighted by molar-refractivity contribution is 7.92. The number of carbonyl (C=O) groups excluding carboxylic acids is 2. The summed E-state index contributed by atoms with van der Waals surface area (Å²) in [7, 11) is -1.00. The molecule has 3 aromatic carbocycles. The molecule has 0 aliphatic carbocycles. The lowest BCUT2D eigenvalue weighted by Crippen LogP contribution is -2.51. The van der Waals surface area contributed by atoms with Crippen LogP contribution >= 0.6 is 0 Å². The van der Waals surface area contributed by atoms with E-state index in [9.17, 15) is 18.0 Å². The average Bonchev–Trinajstić information content (AvgIpc) is 2.92. The third kappa shape index (κ3) is 6.52. The van der Waals surface area contributed by atoms with E-state index in [0.717, 1.165) is 21.0 Å². The Balaban J connectivity index is 2.07. The molecule has 0 unspecified atom stereocenters. The second kappa shape index (κ2) is 12.6. The molecule has 3 rings (SSSR count). The number of rotatable bonds is 11. The van der Waals surface area contributed by atoms with Gasteiger partial charge in [-0.1, -0.05) is 55.0 Å². The van der Waals surface area contributed by atoms with Crippen molar-refractivity contribution >= 4 is 27.5 Å². The van der Waals surface area contributed by atoms with Crippen LogP contribution in [0.15, 0.2) is 77.7 Å². The number of methoxy groups -OCH3 is 1. The van der Waals surface area contributed by atoms with E-state index in [0.29, 0.717) is 17.9 Å². The predicted molar refractivity (Wildman–Crippen MR) is 149 cm³/mol. The van der Waals surface area contributed by atoms with Gasteiger partial charge in [0, 0.05) is 13.6 Å². The van der Waals surface area contributed by atoms with Gasteiger partial charge in [0.05, 0.1) is 17.7 Å². The highest BCUT2D eigenvalue weighted by atomic mass is 32.2. The molecule has 38 heavy (non-hydrogen) atoms. The summed E-state index contributed by atoms with van der Waals surface area (Å²) in [5.41, 5.74) is 2.88. The Hall–Kier alpha value is -3.85. The maximum Gasteiger partial charge on any atom is 0.264 e. The van der Waals surface area contributed by atoms with Gasteiger partial charge < -0.3 is 15.0 Å². The monoisotopic (exact) mass is 537 g/mol. The Labute approximate surface area is 225 Å². The molecular weight excluding hydrogens is 502 g/mol. The van der Waals surface area contributed by atoms with Gasteiger partial charge in [-0.05, 0) is 61.7 Å². The zero-order valence-electron chi connectivity index (χ0n) is 22.5. The van der Waals surface area contributed by atoms with E-state index < -0.39 is 28.5 Å². The zero-order chi connectivity index (χ0) is 27.9. The summed E-state index contributed by atoms with van der Waals surface area (Å²) in [6.45, 7) is 5.21. The summed E-state index contributed by atoms with van der Waals surface area (Å²) < 4.78 is 34.1. The minimum absolute atomic E-state index is 0.0767. The van der Waals surface area contributed by atoms with Crippen molar-refractivity contribution in [1.29, 1.82) is 0 Å². The Morgan fingerprint density at radius 1 is 0.974 bits per heavy atom. The van der Waals surface area contributed by atoms with Crippen molar-refractivity contribution in [3.63, 3.8) is 0 Å². The molecule has 2 amide bonds. The van der Waals surface area contributed by atoms with Crippen LogP contribution in [0.4, 0.5) is 5.69 Å². The topological polar surface area (TPSA) is 96.0 Å². The van der Waals surface area contributed by atoms with E-state index in [1.807, 2.05) is 45.0 Å². The van der Waals surface area contributed by atoms with Crippen LogP contribution < -0.4 is 14.4 Å². The van der Waals surface area contributed by atoms with Crippen molar-refractivity contribution in [3.8, 4) is 5.75 Å². The van der Waals surface area contributed by atoms with Crippen molar-refractivity contribution in [1.82, 2.24) is 10.2 Å². The van der Waals surface area contributed by atoms with Gasteiger partial charge in [-0.25, -0.2) is 8.42 Å². The van der Waals surface area contributed by atoms with Crippen LogP contribution in [0.3, 0.4) is 0 Å². The van der Waals surface area contributed by atoms with Gasteiger partial charge >= 0.3 is 0 Å². The predicted octanol–water partition coefficient (Wildman–Crippen LogP) is 4.06. The number of ether oxygens (including phenoxy) is 1. The Morgan fingerprint density at radius 3 is 2.18 bits per heavy atom. The van der Waals surface area contributed by atoms with Crippen LogP contribution in [0.2, 0.25) is 0 Å². The fourth-order valence-electron chi connectivity index (χ4n) is 4.33. The molecule has 0 fully saturated rings. The van der Waals surface area contributed by atoms with E-state index in [1.165, 1.54) is 24.1 Å². The highest BCUT2D eigenvalue weighted by Gasteiger charge is 2.33. The molecule has 0 aromatic heterocycles. The van der Waals surface area contributed by atoms with Crippen LogP contribution in [0.5, 0.6) is 5.75 Å². The molecule has 0 spiro atoms. The number of nitrogens with zero attached hydrogens (tertiary/aromatic N) is 2. The summed E-state index contributed by atoms with van der Waals surface area (Å²) in [4.78, 5) is 28.3. The van der Waals surface area contributed by atoms with Crippen LogP contribution in [0.1, 0.15) is 30.0 Å². The summed E-state index contributed by atoms with van der Waals surface area (Å²) in [6, 6.07) is 19.8. The molecule has 0 aliphatic heterocycles. The quantitative estimate of drug-likeness (QED) is 0.398. The van der Waals surface area contributed by atoms with Crippen LogP contribution in [0, 0.1) is 13.8 Å². The first-order valence-electron chi connectivity index (χ1n) is 12.4. The molecule has 8 nitrogen and oxygen atoms in total. The number of nitrogens with one attached hydrogen (secondary N) is 1. The lowest BCUT2D eigenvalue weighted by molar-refractivity contribution is -0.140. The highest BCUT2D eigenvalue weighted by Crippen LogP contribution is 2.28. The molecule has 1 N–H and O–H groups in total. The second-order valence-corrected chi connectivity index (χ2v) is 10.9. The van der Waals surface area contributed by atoms with Crippen LogP contribution in [0.25, 0.3) is 0 Å². The van der Waals surface area contributed by atoms with Gasteiger partial charge in [-0.15, -0.1) is 0 Å². The van der Waals surface area contributed by atoms with E-state index in [1.54, 1.807) is 43.5 Å². The number of likely N-dealkylation sites (N-methyl/N-ethyl adjacent to an activating group) is 1. The lowest BCUT2D eigenvalue weighted by atomic mass is 10.1. The average molecular weight is 538 g/mol. The number of carbonyl (C=O) groups is 2. The fraction of sp³-hybridized carbons (Fsp3) is 0.310. The lowest BCUT2D eigenvalue weighted by Gasteiger charge is -2.33. The minimum Gasteiger partial charge on any atom is -0.497 e. The first-order valence-corrected chi connectivity index (χ1v) is 13.8. The zero-order valence-corrected chi connectivity index (χ0v) is 23.3. The maximum absolute atomic E-state index is 13.9. The molecule has 202 valence electrons. The molecule has 0 saturated heterocycles. The molecule has 1 atom stereocenters. The van der Waals surface area contributed by atoms with Gasteiger partial charge in [-0.2, -0.15) is 0 Å². The number of hydrogen-bond donors (Lipinski definition) is 1. The Kier molecular flexibility index (Phi) is 9.52. The van der Waals surface area contributed by atoms with Crippen molar-refractivity contribution in [2.45, 2.75) is 44.7 Å². The van der Waals surface area contributed by atoms with Crippen LogP contribution in [-0.2, 0) is 26.2 Å². The first-order chi connectivity index (χ1) is 18.1. The summed E-state index contributed by atoms with van der Waals surface area (Å²) in [5.74, 6) is -0.144. The molecule has 0 radical (unpaired) electrons. The Morgan fingerprint density at radius 2 is 1.63 bits per heavy atom. The standard InChI is InChI=1S/C29H35N3O5S/c1-6-26(29(34)30-4)31(19-23-13-15-24(37-5)16-14-23)28(33)20-32(27-17-12-21(2)18-22(27)3)38(35,36)25-10-8-7-9-11-25/h7-18,26H,6,19-20H2,1-5H3,(H,30,34)/t26-/m1/s1. The third-order valence-electron chi connectivity index (χ3n) is 6.38. The smallest absolute Gasteiger partial charge is 0.264 e. The number of benzene rings is 3. The molecular formula is C29H35N3O5S. The number of aryl methyl sites for hydroxylation is 2. The number of amides is 2. The third-order valence-corrected chi connectivity index (χ3v) is 8.15. The molecule has 0 saturated carbocycles. The molecule has 0 bridgehead atoms. The maximum atomic E-state index is 13.9. The van der Waals surface area contributed by atoms with Gasteiger partial charge in [0.1, 0.15) is 18.3 Å². The number of anilines is 1. The summed E-state index contributed by atoms with van der Waals surface area (Å²) >= 11 is 0. The van der Waals surface area contributed by atoms with Gasteiger partial charge in [0.2, 0.25) is 11.8 Å². The van der Waals surface area contributed by atoms with E-state index in [4.69, 9.17) is 4.74 Å². The van der Waals surface area contributed by atoms with E-state index in [2.05, 4.69) is 5.32 Å². The fourth-order valence-corrected chi connectivity index (χ4v) is 5.83. The van der Waals surface area contributed by atoms with Crippen molar-refractivity contribution < 1.29 is 22.7 Å². The van der Waals surface area contributed by atoms with Gasteiger partial charge in [0.25, 0.3) is 10.0 Å². The molecule has 3 aromatic rings. The summed E-state index contributed by atoms with van der Waals surface area (Å²) in [5, 5.41) is 2.63. The van der Waals surface area contributed by atoms with Gasteiger partial charge in [-0.3, -0.25) is 13.9 Å². The number of sulfonamides is 1. The SMILES string of the molecule is CC[C@H](C(=O)NC)N(Cc1ccc(OC)cc1)C(=O)CN(c1ccc(C)cc1C)S(=O)(=O)c1ccccc1. The Bertz CT molecular complexity index is 1360. The number of hydrogen-bond acceptors (Lipinski definition) is 5. The van der Waals surface area contributed by atoms with Gasteiger partial charge in [0.15, 0.2) is 0 Å². The van der Waals surface area contributed by atoms with Crippen molar-refractivity contribution in [2.75, 3.05) is 25.0 Å².